The standard InChI is InChI=1S/C16H18N2O5S2/c1-11-4-2-3-5-12(11)22-9-15(21)23-8-13(19)17-6-7-18-14(20)10-25-16(18)24/h2-5H,6-10H2,1H3,(H,17,19). The second-order valence-corrected chi connectivity index (χ2v) is 6.77. The summed E-state index contributed by atoms with van der Waals surface area (Å²) in [6, 6.07) is 7.28. The second kappa shape index (κ2) is 9.38. The first-order valence-electron chi connectivity index (χ1n) is 7.55. The van der Waals surface area contributed by atoms with Crippen LogP contribution in [0.4, 0.5) is 0 Å². The van der Waals surface area contributed by atoms with Crippen molar-refractivity contribution in [3.8, 4) is 5.75 Å². The molecular weight excluding hydrogens is 364 g/mol. The van der Waals surface area contributed by atoms with Gasteiger partial charge in [-0.25, -0.2) is 4.79 Å². The van der Waals surface area contributed by atoms with Crippen molar-refractivity contribution in [2.24, 2.45) is 0 Å². The lowest BCUT2D eigenvalue weighted by Crippen LogP contribution is -2.38. The number of aryl methyl sites for hydroxylation is 1. The minimum Gasteiger partial charge on any atom is -0.482 e. The third-order valence-corrected chi connectivity index (χ3v) is 4.73. The Kier molecular flexibility index (Phi) is 7.20. The van der Waals surface area contributed by atoms with Crippen LogP contribution in [0.15, 0.2) is 24.3 Å². The zero-order chi connectivity index (χ0) is 18.2. The monoisotopic (exact) mass is 382 g/mol. The first-order chi connectivity index (χ1) is 12.0. The summed E-state index contributed by atoms with van der Waals surface area (Å²) in [6.45, 7) is 1.74. The lowest BCUT2D eigenvalue weighted by molar-refractivity contribution is -0.150. The third kappa shape index (κ3) is 6.02. The van der Waals surface area contributed by atoms with E-state index in [9.17, 15) is 14.4 Å². The lowest BCUT2D eigenvalue weighted by atomic mass is 10.2. The second-order valence-electron chi connectivity index (χ2n) is 5.16. The van der Waals surface area contributed by atoms with Gasteiger partial charge in [-0.1, -0.05) is 42.2 Å². The number of nitrogens with zero attached hydrogens (tertiary/aromatic N) is 1. The normalized spacial score (nSPS) is 13.7. The predicted molar refractivity (Wildman–Crippen MR) is 97.4 cm³/mol. The van der Waals surface area contributed by atoms with Crippen LogP contribution in [0.1, 0.15) is 5.56 Å². The van der Waals surface area contributed by atoms with Gasteiger partial charge in [-0.05, 0) is 18.6 Å². The van der Waals surface area contributed by atoms with Crippen molar-refractivity contribution in [3.05, 3.63) is 29.8 Å². The topological polar surface area (TPSA) is 84.9 Å². The van der Waals surface area contributed by atoms with Gasteiger partial charge < -0.3 is 14.8 Å². The van der Waals surface area contributed by atoms with Crippen LogP contribution in [0.3, 0.4) is 0 Å². The van der Waals surface area contributed by atoms with Crippen LogP contribution in [0.5, 0.6) is 5.75 Å². The van der Waals surface area contributed by atoms with Crippen molar-refractivity contribution in [3.63, 3.8) is 0 Å². The van der Waals surface area contributed by atoms with Crippen LogP contribution in [-0.4, -0.2) is 59.1 Å². The molecule has 1 saturated heterocycles. The van der Waals surface area contributed by atoms with Crippen molar-refractivity contribution >= 4 is 46.1 Å². The predicted octanol–water partition coefficient (Wildman–Crippen LogP) is 0.894. The highest BCUT2D eigenvalue weighted by Gasteiger charge is 2.25. The van der Waals surface area contributed by atoms with Crippen LogP contribution < -0.4 is 10.1 Å². The summed E-state index contributed by atoms with van der Waals surface area (Å²) in [5.41, 5.74) is 0.903. The molecule has 1 aliphatic heterocycles. The molecule has 0 spiro atoms. The van der Waals surface area contributed by atoms with E-state index in [0.717, 1.165) is 5.56 Å². The molecule has 0 radical (unpaired) electrons. The van der Waals surface area contributed by atoms with E-state index < -0.39 is 18.5 Å². The van der Waals surface area contributed by atoms with E-state index in [-0.39, 0.29) is 19.1 Å². The van der Waals surface area contributed by atoms with E-state index in [0.29, 0.717) is 22.4 Å². The maximum atomic E-state index is 11.6. The van der Waals surface area contributed by atoms with Gasteiger partial charge >= 0.3 is 5.97 Å². The van der Waals surface area contributed by atoms with E-state index in [1.165, 1.54) is 16.7 Å². The molecule has 1 aromatic rings. The number of rotatable bonds is 8. The molecular formula is C16H18N2O5S2. The van der Waals surface area contributed by atoms with E-state index >= 15 is 0 Å². The third-order valence-electron chi connectivity index (χ3n) is 3.30. The van der Waals surface area contributed by atoms with Crippen molar-refractivity contribution in [2.45, 2.75) is 6.92 Å². The number of amides is 2. The number of carbonyl (C=O) groups excluding carboxylic acids is 3. The average Bonchev–Trinajstić information content (AvgIpc) is 2.91. The van der Waals surface area contributed by atoms with Gasteiger partial charge in [0.2, 0.25) is 5.91 Å². The number of benzene rings is 1. The molecule has 0 atom stereocenters. The number of carbonyl (C=O) groups is 3. The molecule has 1 aromatic carbocycles. The van der Waals surface area contributed by atoms with Crippen LogP contribution in [0, 0.1) is 6.92 Å². The van der Waals surface area contributed by atoms with E-state index in [2.05, 4.69) is 5.32 Å². The van der Waals surface area contributed by atoms with Gasteiger partial charge in [-0.3, -0.25) is 14.5 Å². The van der Waals surface area contributed by atoms with E-state index in [1.54, 1.807) is 12.1 Å². The Hall–Kier alpha value is -2.13. The summed E-state index contributed by atoms with van der Waals surface area (Å²) in [7, 11) is 0. The number of thioether (sulfide) groups is 1. The van der Waals surface area contributed by atoms with E-state index in [1.807, 2.05) is 19.1 Å². The van der Waals surface area contributed by atoms with Crippen LogP contribution in [-0.2, 0) is 19.1 Å². The molecule has 2 amide bonds. The molecule has 1 N–H and O–H groups in total. The number of nitrogens with one attached hydrogen (secondary N) is 1. The molecule has 0 saturated carbocycles. The Morgan fingerprint density at radius 1 is 1.32 bits per heavy atom. The largest absolute Gasteiger partial charge is 0.482 e. The molecule has 1 heterocycles. The number of para-hydroxylation sites is 1. The first kappa shape index (κ1) is 19.2. The number of esters is 1. The molecule has 0 aliphatic carbocycles. The minimum atomic E-state index is -0.634. The molecule has 1 fully saturated rings. The fourth-order valence-electron chi connectivity index (χ4n) is 2.00. The van der Waals surface area contributed by atoms with Crippen LogP contribution in [0.2, 0.25) is 0 Å². The molecule has 0 unspecified atom stereocenters. The van der Waals surface area contributed by atoms with Crippen molar-refractivity contribution in [2.75, 3.05) is 32.1 Å². The smallest absolute Gasteiger partial charge is 0.344 e. The van der Waals surface area contributed by atoms with Crippen LogP contribution >= 0.6 is 24.0 Å². The molecule has 9 heteroatoms. The van der Waals surface area contributed by atoms with Gasteiger partial charge in [0, 0.05) is 13.1 Å². The van der Waals surface area contributed by atoms with Gasteiger partial charge in [-0.15, -0.1) is 0 Å². The summed E-state index contributed by atoms with van der Waals surface area (Å²) < 4.78 is 10.7. The molecule has 7 nitrogen and oxygen atoms in total. The van der Waals surface area contributed by atoms with E-state index in [4.69, 9.17) is 21.7 Å². The Bertz CT molecular complexity index is 664. The quantitative estimate of drug-likeness (QED) is 0.528. The summed E-state index contributed by atoms with van der Waals surface area (Å²) in [5, 5.41) is 2.57. The molecule has 1 aliphatic rings. The summed E-state index contributed by atoms with van der Waals surface area (Å²) in [6.07, 6.45) is 0. The number of hydrogen-bond donors (Lipinski definition) is 1. The van der Waals surface area contributed by atoms with Gasteiger partial charge in [0.05, 0.1) is 5.75 Å². The van der Waals surface area contributed by atoms with Gasteiger partial charge in [0.1, 0.15) is 10.1 Å². The molecule has 0 bridgehead atoms. The van der Waals surface area contributed by atoms with Crippen molar-refractivity contribution < 1.29 is 23.9 Å². The van der Waals surface area contributed by atoms with Crippen molar-refractivity contribution in [1.29, 1.82) is 0 Å². The zero-order valence-corrected chi connectivity index (χ0v) is 15.3. The maximum Gasteiger partial charge on any atom is 0.344 e. The maximum absolute atomic E-state index is 11.6. The van der Waals surface area contributed by atoms with Gasteiger partial charge in [-0.2, -0.15) is 0 Å². The summed E-state index contributed by atoms with van der Waals surface area (Å²) in [4.78, 5) is 36.2. The Morgan fingerprint density at radius 2 is 2.08 bits per heavy atom. The average molecular weight is 382 g/mol. The Balaban J connectivity index is 1.61. The molecule has 25 heavy (non-hydrogen) atoms. The number of ether oxygens (including phenoxy) is 2. The molecule has 0 aromatic heterocycles. The highest BCUT2D eigenvalue weighted by Crippen LogP contribution is 2.18. The zero-order valence-electron chi connectivity index (χ0n) is 13.6. The minimum absolute atomic E-state index is 0.0657. The SMILES string of the molecule is Cc1ccccc1OCC(=O)OCC(=O)NCCN1C(=O)CSC1=S. The number of hydrogen-bond acceptors (Lipinski definition) is 7. The summed E-state index contributed by atoms with van der Waals surface area (Å²) in [5.74, 6) is -0.220. The number of thiocarbonyl (C=S) groups is 1. The first-order valence-corrected chi connectivity index (χ1v) is 8.94. The van der Waals surface area contributed by atoms with Gasteiger partial charge in [0.15, 0.2) is 13.2 Å². The lowest BCUT2D eigenvalue weighted by Gasteiger charge is -2.15. The van der Waals surface area contributed by atoms with Crippen molar-refractivity contribution in [1.82, 2.24) is 10.2 Å². The fourth-order valence-corrected chi connectivity index (χ4v) is 3.12. The highest BCUT2D eigenvalue weighted by atomic mass is 32.2. The summed E-state index contributed by atoms with van der Waals surface area (Å²) >= 11 is 6.34. The molecule has 134 valence electrons. The van der Waals surface area contributed by atoms with Gasteiger partial charge in [0.25, 0.3) is 5.91 Å². The fraction of sp³-hybridized carbons (Fsp3) is 0.375. The van der Waals surface area contributed by atoms with Crippen LogP contribution in [0.25, 0.3) is 0 Å². The Morgan fingerprint density at radius 3 is 2.76 bits per heavy atom. The highest BCUT2D eigenvalue weighted by molar-refractivity contribution is 8.23. The Labute approximate surface area is 155 Å². The molecule has 2 rings (SSSR count).